The number of nitrogens with two attached hydrogens (primary N) is 2. The Hall–Kier alpha value is -8.73. The van der Waals surface area contributed by atoms with E-state index in [-0.39, 0.29) is 114 Å². The van der Waals surface area contributed by atoms with Crippen molar-refractivity contribution in [1.82, 2.24) is 10.1 Å². The number of thiol groups is 1. The molecule has 0 aliphatic rings. The Bertz CT molecular complexity index is 3850. The van der Waals surface area contributed by atoms with E-state index in [1.54, 1.807) is 27.7 Å². The van der Waals surface area contributed by atoms with Crippen LogP contribution < -0.4 is 11.5 Å². The molecule has 0 aromatic heterocycles. The van der Waals surface area contributed by atoms with Gasteiger partial charge in [0, 0.05) is 62.8 Å². The zero-order valence-electron chi connectivity index (χ0n) is 74.9. The van der Waals surface area contributed by atoms with Gasteiger partial charge in [0.1, 0.15) is 24.4 Å². The predicted octanol–water partition coefficient (Wildman–Crippen LogP) is 19.0. The molecule has 27 nitrogen and oxygen atoms in total. The molecule has 8 atom stereocenters. The Morgan fingerprint density at radius 3 is 0.992 bits per heavy atom. The lowest BCUT2D eigenvalue weighted by Gasteiger charge is -2.22. The Kier molecular flexibility index (Phi) is 84.3. The summed E-state index contributed by atoms with van der Waals surface area (Å²) in [6, 6.07) is 48.2. The van der Waals surface area contributed by atoms with E-state index in [2.05, 4.69) is 38.6 Å². The molecule has 5 aromatic carbocycles. The van der Waals surface area contributed by atoms with Gasteiger partial charge in [-0.25, -0.2) is 10.1 Å². The highest BCUT2D eigenvalue weighted by Crippen LogP contribution is 2.23. The first-order chi connectivity index (χ1) is 58.1. The van der Waals surface area contributed by atoms with Crippen LogP contribution in [0.2, 0.25) is 0 Å². The number of ether oxygens (including phenoxy) is 1. The van der Waals surface area contributed by atoms with Crippen molar-refractivity contribution in [3.05, 3.63) is 179 Å². The minimum atomic E-state index is -1.17. The van der Waals surface area contributed by atoms with Crippen molar-refractivity contribution in [2.75, 3.05) is 42.7 Å². The van der Waals surface area contributed by atoms with Crippen molar-refractivity contribution in [1.29, 1.82) is 0 Å². The van der Waals surface area contributed by atoms with E-state index in [1.165, 1.54) is 38.1 Å². The topological polar surface area (TPSA) is 447 Å². The Labute approximate surface area is 792 Å². The molecule has 5 rings (SSSR count). The lowest BCUT2D eigenvalue weighted by Crippen LogP contribution is -2.33. The molecule has 129 heavy (non-hydrogen) atoms. The van der Waals surface area contributed by atoms with Crippen LogP contribution in [0.5, 0.6) is 0 Å². The second-order valence-electron chi connectivity index (χ2n) is 32.0. The average Bonchev–Trinajstić information content (AvgIpc) is 0.879. The van der Waals surface area contributed by atoms with E-state index in [4.69, 9.17) is 51.4 Å². The van der Waals surface area contributed by atoms with Crippen LogP contribution >= 0.6 is 59.7 Å². The van der Waals surface area contributed by atoms with Gasteiger partial charge in [0.05, 0.1) is 42.2 Å². The third-order valence-corrected chi connectivity index (χ3v) is 21.0. The van der Waals surface area contributed by atoms with Crippen LogP contribution in [-0.2, 0) is 114 Å². The number of thioether (sulfide) groups is 4. The van der Waals surface area contributed by atoms with Crippen LogP contribution in [0.15, 0.2) is 152 Å². The molecule has 0 radical (unpaired) electrons. The minimum absolute atomic E-state index is 0. The molecule has 0 aliphatic heterocycles. The molecule has 5 aromatic rings. The Balaban J connectivity index is -0.000000218. The van der Waals surface area contributed by atoms with Crippen molar-refractivity contribution >= 4 is 141 Å². The first kappa shape index (κ1) is 136. The number of esters is 1. The normalized spacial score (nSPS) is 12.1. The minimum Gasteiger partial charge on any atom is -0.481 e. The molecule has 0 aliphatic carbocycles. The smallest absolute Gasteiger partial charge is 0.317 e. The van der Waals surface area contributed by atoms with Gasteiger partial charge in [-0.1, -0.05) is 305 Å². The zero-order chi connectivity index (χ0) is 95.0. The standard InChI is InChI=1S/C18H19NO4.C15H21NO4.C13H22O5.C12H14O3S.C9H13NS.C9H16O3S.C8H17NOS.C8H14O3S.5CH4/c20-14-19(23-13-16-9-5-2-6-10-16)12-17(18(21)22)11-15-7-3-1-4-8-15;1-12(2)8-14(15(18)19)9-16(11-17)20-10-13-6-4-3-5-7-13;1-8(2)6-9(11(15)16)10(14)7-18-12(17)13(3,4)5;1-9(13)16-8-11(12(14)15)7-10-5-3-2-4-6-10;10-9(7-11)6-8-4-2-1-3-5-8;1-6(2)4-8(9(11)12)5-13-7(3)10;1-6(2)4-8(9)5-11-7(3)10;1-5(2)4-7(8(10)11)12-6(3)9;;;;;/h1-10,14,17H,11-13H2,(H,21,22);3-7,11-12,14H,8-10H2,1-2H3,(H,18,19);8-9H,6-7H2,1-5H3,(H,15,16);2-6,11H,7-8H2,1H3,(H,14,15);1-5,9,11H,6-7,10H2;6,8H,4-5H2,1-3H3,(H,11,12);6,8H,4-5,9H2,1-3H3;5,7H,4H2,1-3H3,(H,10,11);5*1H4. The molecule has 32 heteroatoms. The second-order valence-corrected chi connectivity index (χ2v) is 37.4. The number of carboxylic acids is 6. The van der Waals surface area contributed by atoms with Crippen molar-refractivity contribution < 1.29 is 112 Å². The van der Waals surface area contributed by atoms with Crippen LogP contribution in [0.25, 0.3) is 0 Å². The van der Waals surface area contributed by atoms with E-state index in [0.29, 0.717) is 74.2 Å². The molecule has 0 spiro atoms. The van der Waals surface area contributed by atoms with Gasteiger partial charge in [-0.2, -0.15) is 12.6 Å². The number of Topliss-reactive ketones (excluding diaryl/α,β-unsaturated/α-hetero) is 1. The van der Waals surface area contributed by atoms with E-state index in [9.17, 15) is 72.2 Å². The van der Waals surface area contributed by atoms with E-state index in [0.717, 1.165) is 92.0 Å². The molecule has 0 saturated heterocycles. The fraction of sp³-hybridized carbons (Fsp3) is 0.546. The molecular formula is C97H156N4O23S5. The molecule has 732 valence electrons. The summed E-state index contributed by atoms with van der Waals surface area (Å²) in [6.45, 7) is 30.6. The number of carboxylic acid groups (broad SMARTS) is 6. The number of nitrogens with zero attached hydrogens (tertiary/aromatic N) is 2. The van der Waals surface area contributed by atoms with Gasteiger partial charge in [-0.3, -0.25) is 76.8 Å². The summed E-state index contributed by atoms with van der Waals surface area (Å²) in [5.41, 5.74) is 15.8. The number of rotatable bonds is 45. The number of carbonyl (C=O) groups excluding carboxylic acids is 8. The molecule has 8 unspecified atom stereocenters. The quantitative estimate of drug-likeness (QED) is 0.00574. The summed E-state index contributed by atoms with van der Waals surface area (Å²) < 4.78 is 4.83. The van der Waals surface area contributed by atoms with Gasteiger partial charge in [-0.15, -0.1) is 0 Å². The summed E-state index contributed by atoms with van der Waals surface area (Å²) in [5, 5.41) is 55.5. The number of carbonyl (C=O) groups is 14. The van der Waals surface area contributed by atoms with Crippen LogP contribution in [0.1, 0.15) is 215 Å². The molecule has 0 bridgehead atoms. The fourth-order valence-corrected chi connectivity index (χ4v) is 13.6. The third kappa shape index (κ3) is 77.7. The first-order valence-electron chi connectivity index (χ1n) is 40.7. The van der Waals surface area contributed by atoms with Crippen molar-refractivity contribution in [2.24, 2.45) is 76.1 Å². The zero-order valence-corrected chi connectivity index (χ0v) is 79.0. The molecule has 0 heterocycles. The van der Waals surface area contributed by atoms with Crippen LogP contribution in [0.3, 0.4) is 0 Å². The van der Waals surface area contributed by atoms with Gasteiger partial charge in [0.2, 0.25) is 12.8 Å². The van der Waals surface area contributed by atoms with Gasteiger partial charge in [0.15, 0.2) is 32.9 Å². The fourth-order valence-electron chi connectivity index (χ4n) is 10.5. The maximum Gasteiger partial charge on any atom is 0.317 e. The predicted molar refractivity (Wildman–Crippen MR) is 529 cm³/mol. The highest BCUT2D eigenvalue weighted by molar-refractivity contribution is 8.14. The first-order valence-corrected chi connectivity index (χ1v) is 45.2. The second kappa shape index (κ2) is 80.2. The van der Waals surface area contributed by atoms with Crippen molar-refractivity contribution in [3.63, 3.8) is 0 Å². The third-order valence-electron chi connectivity index (χ3n) is 16.5. The summed E-state index contributed by atoms with van der Waals surface area (Å²) in [6.07, 6.45) is 5.71. The maximum atomic E-state index is 11.7. The number of hydrogen-bond acceptors (Lipinski definition) is 24. The van der Waals surface area contributed by atoms with Crippen molar-refractivity contribution in [3.8, 4) is 0 Å². The number of hydrogen-bond donors (Lipinski definition) is 9. The Morgan fingerprint density at radius 1 is 0.388 bits per heavy atom. The summed E-state index contributed by atoms with van der Waals surface area (Å²) in [7, 11) is 0. The van der Waals surface area contributed by atoms with E-state index in [1.807, 2.05) is 195 Å². The molecule has 2 amide bonds. The molecule has 0 saturated carbocycles. The maximum absolute atomic E-state index is 11.7. The highest BCUT2D eigenvalue weighted by Gasteiger charge is 2.31. The molecular weight excluding hydrogens is 1750 g/mol. The summed E-state index contributed by atoms with van der Waals surface area (Å²) >= 11 is 8.49. The van der Waals surface area contributed by atoms with E-state index >= 15 is 0 Å². The van der Waals surface area contributed by atoms with Crippen LogP contribution in [0.4, 0.5) is 0 Å². The monoisotopic (exact) mass is 1900 g/mol. The lowest BCUT2D eigenvalue weighted by atomic mass is 9.93. The Morgan fingerprint density at radius 2 is 0.698 bits per heavy atom. The average molecular weight is 1910 g/mol. The van der Waals surface area contributed by atoms with Gasteiger partial charge in [-0.05, 0) is 130 Å². The highest BCUT2D eigenvalue weighted by atomic mass is 32.2. The lowest BCUT2D eigenvalue weighted by molar-refractivity contribution is -0.184. The molecule has 0 fully saturated rings. The van der Waals surface area contributed by atoms with Crippen LogP contribution in [-0.4, -0.2) is 182 Å². The number of amides is 2. The van der Waals surface area contributed by atoms with E-state index < -0.39 is 94.4 Å². The number of benzene rings is 5. The summed E-state index contributed by atoms with van der Waals surface area (Å²) in [5.74, 6) is -6.14. The number of aliphatic carboxylic acids is 6. The van der Waals surface area contributed by atoms with Crippen LogP contribution in [0, 0.1) is 64.6 Å². The van der Waals surface area contributed by atoms with Crippen molar-refractivity contribution in [2.45, 2.75) is 237 Å². The van der Waals surface area contributed by atoms with Gasteiger partial charge < -0.3 is 46.8 Å². The number of ketones is 1. The largest absolute Gasteiger partial charge is 0.481 e. The van der Waals surface area contributed by atoms with Gasteiger partial charge in [0.25, 0.3) is 0 Å². The summed E-state index contributed by atoms with van der Waals surface area (Å²) in [4.78, 5) is 164. The molecule has 10 N–H and O–H groups in total. The SMILES string of the molecule is C.C.C.C.C.CC(=O)SC(CC(C)C)C(=O)O.CC(=O)SCC(CC(C)C)C(=O)O.CC(=O)SCC(Cc1ccccc1)C(=O)O.CC(=O)SCC(N)CC(C)C.CC(C)CC(C(=O)O)C(=O)COC(=O)C(C)(C)C.CC(C)CC(CN(C=O)OCc1ccccc1)C(=O)O.NC(CS)Cc1ccccc1.O=CN(CC(Cc1ccccc1)C(=O)O)OCc1ccccc1. The number of hydroxylamine groups is 4. The van der Waals surface area contributed by atoms with Gasteiger partial charge >= 0.3 is 41.8 Å².